The number of carbonyl (C=O) groups excluding carboxylic acids is 1. The molecule has 1 aromatic carbocycles. The predicted octanol–water partition coefficient (Wildman–Crippen LogP) is 0.476. The van der Waals surface area contributed by atoms with Gasteiger partial charge in [0.2, 0.25) is 5.91 Å². The van der Waals surface area contributed by atoms with E-state index in [-0.39, 0.29) is 18.5 Å². The van der Waals surface area contributed by atoms with Gasteiger partial charge in [0, 0.05) is 25.6 Å². The molecule has 0 radical (unpaired) electrons. The summed E-state index contributed by atoms with van der Waals surface area (Å²) in [6.07, 6.45) is -0.569. The molecule has 2 atom stereocenters. The molecule has 1 aliphatic rings. The Morgan fingerprint density at radius 1 is 1.44 bits per heavy atom. The molecule has 18 heavy (non-hydrogen) atoms. The second kappa shape index (κ2) is 5.41. The fourth-order valence-corrected chi connectivity index (χ4v) is 1.87. The van der Waals surface area contributed by atoms with Gasteiger partial charge in [0.05, 0.1) is 6.10 Å². The Kier molecular flexibility index (Phi) is 3.88. The van der Waals surface area contributed by atoms with Gasteiger partial charge in [-0.25, -0.2) is 8.78 Å². The third kappa shape index (κ3) is 3.02. The summed E-state index contributed by atoms with van der Waals surface area (Å²) in [6.45, 7) is 0.702. The largest absolute Gasteiger partial charge is 0.387 e. The van der Waals surface area contributed by atoms with Gasteiger partial charge in [-0.2, -0.15) is 0 Å². The van der Waals surface area contributed by atoms with Crippen LogP contribution in [0, 0.1) is 11.6 Å². The second-order valence-corrected chi connectivity index (χ2v) is 4.30. The van der Waals surface area contributed by atoms with Gasteiger partial charge in [-0.1, -0.05) is 6.07 Å². The highest BCUT2D eigenvalue weighted by molar-refractivity contribution is 5.78. The first kappa shape index (κ1) is 12.9. The fraction of sp³-hybridized carbons (Fsp3) is 0.417. The molecular formula is C12H14F2N2O2. The van der Waals surface area contributed by atoms with Crippen molar-refractivity contribution < 1.29 is 18.7 Å². The monoisotopic (exact) mass is 256 g/mol. The molecule has 2 unspecified atom stereocenters. The maximum atomic E-state index is 13.0. The molecule has 0 bridgehead atoms. The zero-order valence-electron chi connectivity index (χ0n) is 9.62. The zero-order chi connectivity index (χ0) is 13.1. The van der Waals surface area contributed by atoms with Crippen LogP contribution in [0.1, 0.15) is 18.1 Å². The number of hydrogen-bond donors (Lipinski definition) is 3. The molecule has 1 saturated heterocycles. The molecule has 1 fully saturated rings. The Labute approximate surface area is 103 Å². The molecule has 1 amide bonds. The predicted molar refractivity (Wildman–Crippen MR) is 60.7 cm³/mol. The Bertz CT molecular complexity index is 454. The maximum Gasteiger partial charge on any atom is 0.221 e. The molecule has 98 valence electrons. The number of halogens is 2. The molecule has 4 nitrogen and oxygen atoms in total. The van der Waals surface area contributed by atoms with Crippen LogP contribution < -0.4 is 10.6 Å². The van der Waals surface area contributed by atoms with Crippen molar-refractivity contribution in [3.05, 3.63) is 35.4 Å². The van der Waals surface area contributed by atoms with Gasteiger partial charge in [-0.05, 0) is 17.7 Å². The highest BCUT2D eigenvalue weighted by atomic mass is 19.2. The maximum absolute atomic E-state index is 13.0. The number of aliphatic hydroxyl groups is 1. The molecule has 6 heteroatoms. The number of benzene rings is 1. The van der Waals surface area contributed by atoms with E-state index in [1.807, 2.05) is 0 Å². The van der Waals surface area contributed by atoms with Crippen LogP contribution in [0.15, 0.2) is 18.2 Å². The second-order valence-electron chi connectivity index (χ2n) is 4.30. The quantitative estimate of drug-likeness (QED) is 0.734. The number of nitrogens with one attached hydrogen (secondary N) is 2. The van der Waals surface area contributed by atoms with E-state index in [4.69, 9.17) is 0 Å². The third-order valence-electron chi connectivity index (χ3n) is 2.91. The van der Waals surface area contributed by atoms with Crippen LogP contribution in [0.4, 0.5) is 8.78 Å². The van der Waals surface area contributed by atoms with Crippen LogP contribution in [0.3, 0.4) is 0 Å². The molecule has 1 heterocycles. The van der Waals surface area contributed by atoms with E-state index in [1.165, 1.54) is 6.07 Å². The van der Waals surface area contributed by atoms with E-state index in [0.29, 0.717) is 18.5 Å². The highest BCUT2D eigenvalue weighted by Gasteiger charge is 2.21. The van der Waals surface area contributed by atoms with E-state index in [0.717, 1.165) is 12.1 Å². The normalized spacial score (nSPS) is 20.8. The summed E-state index contributed by atoms with van der Waals surface area (Å²) in [5.74, 6) is -1.96. The fourth-order valence-electron chi connectivity index (χ4n) is 1.87. The Hall–Kier alpha value is -1.53. The highest BCUT2D eigenvalue weighted by Crippen LogP contribution is 2.16. The summed E-state index contributed by atoms with van der Waals surface area (Å²) in [6, 6.07) is 3.26. The minimum absolute atomic E-state index is 0.0301. The summed E-state index contributed by atoms with van der Waals surface area (Å²) in [5, 5.41) is 15.5. The van der Waals surface area contributed by atoms with Crippen molar-refractivity contribution in [2.24, 2.45) is 0 Å². The zero-order valence-corrected chi connectivity index (χ0v) is 9.62. The lowest BCUT2D eigenvalue weighted by Gasteiger charge is -2.15. The number of hydrogen-bond acceptors (Lipinski definition) is 3. The van der Waals surface area contributed by atoms with Crippen molar-refractivity contribution in [3.63, 3.8) is 0 Å². The summed E-state index contributed by atoms with van der Waals surface area (Å²) < 4.78 is 25.7. The van der Waals surface area contributed by atoms with Gasteiger partial charge in [-0.15, -0.1) is 0 Å². The molecule has 1 aromatic rings. The van der Waals surface area contributed by atoms with Crippen molar-refractivity contribution in [2.45, 2.75) is 18.6 Å². The topological polar surface area (TPSA) is 61.4 Å². The van der Waals surface area contributed by atoms with Crippen LogP contribution in [-0.2, 0) is 4.79 Å². The van der Waals surface area contributed by atoms with Crippen molar-refractivity contribution in [1.82, 2.24) is 10.6 Å². The van der Waals surface area contributed by atoms with Crippen LogP contribution >= 0.6 is 0 Å². The minimum Gasteiger partial charge on any atom is -0.387 e. The van der Waals surface area contributed by atoms with E-state index >= 15 is 0 Å². The molecule has 0 aromatic heterocycles. The van der Waals surface area contributed by atoms with Gasteiger partial charge in [0.25, 0.3) is 0 Å². The van der Waals surface area contributed by atoms with Gasteiger partial charge >= 0.3 is 0 Å². The van der Waals surface area contributed by atoms with Gasteiger partial charge in [0.15, 0.2) is 11.6 Å². The molecule has 0 aliphatic carbocycles. The lowest BCUT2D eigenvalue weighted by atomic mass is 10.1. The molecule has 0 spiro atoms. The molecular weight excluding hydrogens is 242 g/mol. The van der Waals surface area contributed by atoms with Gasteiger partial charge < -0.3 is 15.7 Å². The Morgan fingerprint density at radius 2 is 2.22 bits per heavy atom. The molecule has 3 N–H and O–H groups in total. The number of amides is 1. The van der Waals surface area contributed by atoms with Crippen LogP contribution in [0.25, 0.3) is 0 Å². The van der Waals surface area contributed by atoms with Crippen molar-refractivity contribution in [2.75, 3.05) is 13.1 Å². The molecule has 0 saturated carbocycles. The van der Waals surface area contributed by atoms with Crippen LogP contribution in [-0.4, -0.2) is 30.1 Å². The smallest absolute Gasteiger partial charge is 0.221 e. The SMILES string of the molecule is O=C1CC(NCC(O)c2ccc(F)c(F)c2)CN1. The minimum atomic E-state index is -0.982. The van der Waals surface area contributed by atoms with Crippen molar-refractivity contribution in [1.29, 1.82) is 0 Å². The Morgan fingerprint density at radius 3 is 2.83 bits per heavy atom. The third-order valence-corrected chi connectivity index (χ3v) is 2.91. The van der Waals surface area contributed by atoms with E-state index in [1.54, 1.807) is 0 Å². The van der Waals surface area contributed by atoms with E-state index in [9.17, 15) is 18.7 Å². The molecule has 2 rings (SSSR count). The average molecular weight is 256 g/mol. The van der Waals surface area contributed by atoms with Gasteiger partial charge in [-0.3, -0.25) is 4.79 Å². The van der Waals surface area contributed by atoms with Crippen LogP contribution in [0.5, 0.6) is 0 Å². The van der Waals surface area contributed by atoms with Gasteiger partial charge in [0.1, 0.15) is 0 Å². The first-order valence-corrected chi connectivity index (χ1v) is 5.69. The average Bonchev–Trinajstić information content (AvgIpc) is 2.75. The number of aliphatic hydroxyl groups excluding tert-OH is 1. The Balaban J connectivity index is 1.89. The lowest BCUT2D eigenvalue weighted by molar-refractivity contribution is -0.119. The number of carbonyl (C=O) groups is 1. The summed E-state index contributed by atoms with van der Waals surface area (Å²) in [5.41, 5.74) is 0.304. The van der Waals surface area contributed by atoms with Crippen LogP contribution in [0.2, 0.25) is 0 Å². The first-order chi connectivity index (χ1) is 8.56. The number of rotatable bonds is 4. The summed E-state index contributed by atoms with van der Waals surface area (Å²) >= 11 is 0. The summed E-state index contributed by atoms with van der Waals surface area (Å²) in [4.78, 5) is 10.9. The van der Waals surface area contributed by atoms with Crippen molar-refractivity contribution in [3.8, 4) is 0 Å². The molecule has 1 aliphatic heterocycles. The summed E-state index contributed by atoms with van der Waals surface area (Å²) in [7, 11) is 0. The lowest BCUT2D eigenvalue weighted by Crippen LogP contribution is -2.34. The van der Waals surface area contributed by atoms with E-state index < -0.39 is 17.7 Å². The van der Waals surface area contributed by atoms with Crippen molar-refractivity contribution >= 4 is 5.91 Å². The first-order valence-electron chi connectivity index (χ1n) is 5.69. The van der Waals surface area contributed by atoms with E-state index in [2.05, 4.69) is 10.6 Å². The standard InChI is InChI=1S/C12H14F2N2O2/c13-9-2-1-7(3-10(9)14)11(17)6-15-8-4-12(18)16-5-8/h1-3,8,11,15,17H,4-6H2,(H,16,18).